The molecular weight excluding hydrogens is 366 g/mol. The van der Waals surface area contributed by atoms with E-state index in [4.69, 9.17) is 5.11 Å². The van der Waals surface area contributed by atoms with Gasteiger partial charge in [0.15, 0.2) is 0 Å². The highest BCUT2D eigenvalue weighted by atomic mass is 32.2. The number of anilines is 1. The van der Waals surface area contributed by atoms with E-state index < -0.39 is 11.2 Å². The lowest BCUT2D eigenvalue weighted by atomic mass is 10.2. The van der Waals surface area contributed by atoms with E-state index in [9.17, 15) is 9.59 Å². The number of nitrogens with one attached hydrogen (secondary N) is 1. The van der Waals surface area contributed by atoms with Crippen LogP contribution in [0.15, 0.2) is 59.8 Å². The van der Waals surface area contributed by atoms with Gasteiger partial charge in [0.05, 0.1) is 16.5 Å². The van der Waals surface area contributed by atoms with E-state index in [0.29, 0.717) is 17.3 Å². The number of nitrogens with zero attached hydrogens (tertiary/aromatic N) is 4. The van der Waals surface area contributed by atoms with Gasteiger partial charge in [-0.3, -0.25) is 4.79 Å². The van der Waals surface area contributed by atoms with E-state index in [1.807, 2.05) is 37.3 Å². The Kier molecular flexibility index (Phi) is 5.82. The van der Waals surface area contributed by atoms with Crippen molar-refractivity contribution in [3.05, 3.63) is 60.2 Å². The monoisotopic (exact) mass is 383 g/mol. The standard InChI is InChI=1S/C18H17N5O3S/c1-2-15(16(24)19-13-10-8-12(9-11-13)17(25)26)27-18-20-21-22-23(18)14-6-4-3-5-7-14/h3-11,15H,2H2,1H3,(H,19,24)(H,25,26). The fraction of sp³-hybridized carbons (Fsp3) is 0.167. The Hall–Kier alpha value is -3.20. The number of hydrogen-bond acceptors (Lipinski definition) is 6. The van der Waals surface area contributed by atoms with Gasteiger partial charge in [0.2, 0.25) is 11.1 Å². The molecule has 9 heteroatoms. The van der Waals surface area contributed by atoms with Gasteiger partial charge in [0.25, 0.3) is 0 Å². The lowest BCUT2D eigenvalue weighted by Crippen LogP contribution is -2.25. The van der Waals surface area contributed by atoms with Gasteiger partial charge >= 0.3 is 5.97 Å². The first-order chi connectivity index (χ1) is 13.1. The molecule has 2 aromatic carbocycles. The van der Waals surface area contributed by atoms with E-state index in [1.165, 1.54) is 23.9 Å². The van der Waals surface area contributed by atoms with Crippen molar-refractivity contribution in [1.82, 2.24) is 20.2 Å². The third-order valence-electron chi connectivity index (χ3n) is 3.75. The third kappa shape index (κ3) is 4.50. The minimum absolute atomic E-state index is 0.163. The van der Waals surface area contributed by atoms with Gasteiger partial charge in [-0.2, -0.15) is 4.68 Å². The van der Waals surface area contributed by atoms with E-state index in [0.717, 1.165) is 5.69 Å². The minimum atomic E-state index is -1.01. The Morgan fingerprint density at radius 2 is 1.85 bits per heavy atom. The van der Waals surface area contributed by atoms with Crippen LogP contribution in [0.4, 0.5) is 5.69 Å². The van der Waals surface area contributed by atoms with Crippen LogP contribution in [0.3, 0.4) is 0 Å². The molecule has 0 aliphatic carbocycles. The summed E-state index contributed by atoms with van der Waals surface area (Å²) in [5.41, 5.74) is 1.51. The molecule has 0 fully saturated rings. The number of rotatable bonds is 7. The van der Waals surface area contributed by atoms with Gasteiger partial charge < -0.3 is 10.4 Å². The van der Waals surface area contributed by atoms with Crippen LogP contribution in [-0.4, -0.2) is 42.4 Å². The molecule has 27 heavy (non-hydrogen) atoms. The molecule has 0 saturated heterocycles. The number of carbonyl (C=O) groups is 2. The number of thioether (sulfide) groups is 1. The molecule has 1 amide bonds. The predicted octanol–water partition coefficient (Wildman–Crippen LogP) is 2.87. The topological polar surface area (TPSA) is 110 Å². The van der Waals surface area contributed by atoms with Gasteiger partial charge in [-0.15, -0.1) is 5.10 Å². The molecule has 1 heterocycles. The predicted molar refractivity (Wildman–Crippen MR) is 101 cm³/mol. The molecule has 0 spiro atoms. The van der Waals surface area contributed by atoms with Gasteiger partial charge in [0, 0.05) is 5.69 Å². The van der Waals surface area contributed by atoms with Gasteiger partial charge in [-0.25, -0.2) is 4.79 Å². The molecule has 0 saturated carbocycles. The Balaban J connectivity index is 1.71. The first kappa shape index (κ1) is 18.6. The largest absolute Gasteiger partial charge is 0.478 e. The van der Waals surface area contributed by atoms with Crippen LogP contribution in [0, 0.1) is 0 Å². The second-order valence-electron chi connectivity index (χ2n) is 5.60. The van der Waals surface area contributed by atoms with Gasteiger partial charge in [-0.05, 0) is 53.2 Å². The van der Waals surface area contributed by atoms with Crippen LogP contribution in [0.5, 0.6) is 0 Å². The average molecular weight is 383 g/mol. The third-order valence-corrected chi connectivity index (χ3v) is 5.05. The summed E-state index contributed by atoms with van der Waals surface area (Å²) in [5.74, 6) is -1.21. The lowest BCUT2D eigenvalue weighted by Gasteiger charge is -2.14. The summed E-state index contributed by atoms with van der Waals surface area (Å²) in [7, 11) is 0. The molecule has 1 unspecified atom stereocenters. The zero-order chi connectivity index (χ0) is 19.2. The van der Waals surface area contributed by atoms with E-state index >= 15 is 0 Å². The molecule has 3 aromatic rings. The number of aromatic nitrogens is 4. The molecule has 0 radical (unpaired) electrons. The highest BCUT2D eigenvalue weighted by Crippen LogP contribution is 2.26. The normalized spacial score (nSPS) is 11.7. The Morgan fingerprint density at radius 3 is 2.48 bits per heavy atom. The van der Waals surface area contributed by atoms with Crippen molar-refractivity contribution < 1.29 is 14.7 Å². The molecule has 138 valence electrons. The summed E-state index contributed by atoms with van der Waals surface area (Å²) in [5, 5.41) is 23.6. The number of hydrogen-bond donors (Lipinski definition) is 2. The molecule has 1 aromatic heterocycles. The molecule has 1 atom stereocenters. The first-order valence-corrected chi connectivity index (χ1v) is 9.11. The van der Waals surface area contributed by atoms with Crippen molar-refractivity contribution in [2.45, 2.75) is 23.8 Å². The second-order valence-corrected chi connectivity index (χ2v) is 6.77. The summed E-state index contributed by atoms with van der Waals surface area (Å²) in [6, 6.07) is 15.4. The van der Waals surface area contributed by atoms with Crippen molar-refractivity contribution in [1.29, 1.82) is 0 Å². The SMILES string of the molecule is CCC(Sc1nnnn1-c1ccccc1)C(=O)Nc1ccc(C(=O)O)cc1. The van der Waals surface area contributed by atoms with Gasteiger partial charge in [-0.1, -0.05) is 36.9 Å². The van der Waals surface area contributed by atoms with Gasteiger partial charge in [0.1, 0.15) is 0 Å². The minimum Gasteiger partial charge on any atom is -0.478 e. The maximum atomic E-state index is 12.6. The smallest absolute Gasteiger partial charge is 0.335 e. The number of benzene rings is 2. The Morgan fingerprint density at radius 1 is 1.15 bits per heavy atom. The van der Waals surface area contributed by atoms with E-state index in [1.54, 1.807) is 16.8 Å². The molecule has 0 bridgehead atoms. The summed E-state index contributed by atoms with van der Waals surface area (Å²) in [6.07, 6.45) is 0.575. The summed E-state index contributed by atoms with van der Waals surface area (Å²) < 4.78 is 1.59. The number of carbonyl (C=O) groups excluding carboxylic acids is 1. The van der Waals surface area contributed by atoms with Crippen molar-refractivity contribution in [3.8, 4) is 5.69 Å². The van der Waals surface area contributed by atoms with Crippen LogP contribution in [-0.2, 0) is 4.79 Å². The lowest BCUT2D eigenvalue weighted by molar-refractivity contribution is -0.115. The second kappa shape index (κ2) is 8.45. The number of carboxylic acid groups (broad SMARTS) is 1. The van der Waals surface area contributed by atoms with Crippen molar-refractivity contribution >= 4 is 29.3 Å². The number of aromatic carboxylic acids is 1. The summed E-state index contributed by atoms with van der Waals surface area (Å²) in [6.45, 7) is 1.90. The highest BCUT2D eigenvalue weighted by molar-refractivity contribution is 8.00. The summed E-state index contributed by atoms with van der Waals surface area (Å²) >= 11 is 1.27. The van der Waals surface area contributed by atoms with Crippen molar-refractivity contribution in [2.75, 3.05) is 5.32 Å². The van der Waals surface area contributed by atoms with Crippen molar-refractivity contribution in [3.63, 3.8) is 0 Å². The first-order valence-electron chi connectivity index (χ1n) is 8.23. The quantitative estimate of drug-likeness (QED) is 0.604. The fourth-order valence-electron chi connectivity index (χ4n) is 2.35. The zero-order valence-corrected chi connectivity index (χ0v) is 15.3. The Bertz CT molecular complexity index is 928. The fourth-order valence-corrected chi connectivity index (χ4v) is 3.26. The average Bonchev–Trinajstić information content (AvgIpc) is 3.15. The number of carboxylic acids is 1. The molecule has 0 aliphatic rings. The Labute approximate surface area is 159 Å². The molecular formula is C18H17N5O3S. The van der Waals surface area contributed by atoms with Crippen LogP contribution in [0.2, 0.25) is 0 Å². The number of para-hydroxylation sites is 1. The number of tetrazole rings is 1. The zero-order valence-electron chi connectivity index (χ0n) is 14.4. The van der Waals surface area contributed by atoms with E-state index in [2.05, 4.69) is 20.8 Å². The summed E-state index contributed by atoms with van der Waals surface area (Å²) in [4.78, 5) is 23.5. The van der Waals surface area contributed by atoms with Crippen LogP contribution in [0.1, 0.15) is 23.7 Å². The van der Waals surface area contributed by atoms with Crippen LogP contribution in [0.25, 0.3) is 5.69 Å². The highest BCUT2D eigenvalue weighted by Gasteiger charge is 2.22. The molecule has 0 aliphatic heterocycles. The van der Waals surface area contributed by atoms with Crippen molar-refractivity contribution in [2.24, 2.45) is 0 Å². The maximum Gasteiger partial charge on any atom is 0.335 e. The molecule has 3 rings (SSSR count). The number of amides is 1. The van der Waals surface area contributed by atoms with Crippen LogP contribution < -0.4 is 5.32 Å². The van der Waals surface area contributed by atoms with Crippen LogP contribution >= 0.6 is 11.8 Å². The maximum absolute atomic E-state index is 12.6. The molecule has 8 nitrogen and oxygen atoms in total. The molecule has 2 N–H and O–H groups in total. The van der Waals surface area contributed by atoms with E-state index in [-0.39, 0.29) is 11.5 Å².